The molecule has 3 rings (SSSR count). The number of hydrogen-bond donors (Lipinski definition) is 4. The van der Waals surface area contributed by atoms with Crippen LogP contribution in [0.4, 0.5) is 0 Å². The molecule has 0 aromatic rings. The first-order valence-electron chi connectivity index (χ1n) is 19.6. The summed E-state index contributed by atoms with van der Waals surface area (Å²) in [5, 5.41) is 46.2. The van der Waals surface area contributed by atoms with Gasteiger partial charge in [-0.3, -0.25) is 14.4 Å². The van der Waals surface area contributed by atoms with Crippen LogP contribution in [0.3, 0.4) is 0 Å². The van der Waals surface area contributed by atoms with Gasteiger partial charge in [0.15, 0.2) is 18.7 Å². The number of esters is 2. The van der Waals surface area contributed by atoms with Gasteiger partial charge in [0.1, 0.15) is 23.6 Å². The van der Waals surface area contributed by atoms with Gasteiger partial charge in [-0.2, -0.15) is 0 Å². The fraction of sp³-hybridized carbons (Fsp3) is 0.923. The van der Waals surface area contributed by atoms with Crippen molar-refractivity contribution < 1.29 is 68.0 Å². The normalized spacial score (nSPS) is 46.1. The Hall–Kier alpha value is -1.79. The summed E-state index contributed by atoms with van der Waals surface area (Å²) < 4.78 is 43.2. The summed E-state index contributed by atoms with van der Waals surface area (Å²) in [6.07, 6.45) is -10.1. The smallest absolute Gasteiger partial charge is 0.311 e. The average molecular weight is 776 g/mol. The molecule has 18 atom stereocenters. The van der Waals surface area contributed by atoms with E-state index < -0.39 is 114 Å². The number of hydrogen-bond acceptors (Lipinski definition) is 15. The minimum absolute atomic E-state index is 0.109. The molecular weight excluding hydrogens is 706 g/mol. The number of aliphatic hydroxyl groups is 4. The molecule has 3 heterocycles. The van der Waals surface area contributed by atoms with Crippen LogP contribution < -0.4 is 0 Å². The second-order valence-electron chi connectivity index (χ2n) is 16.6. The molecule has 4 N–H and O–H groups in total. The molecular formula is C39H69NO14. The lowest BCUT2D eigenvalue weighted by Crippen LogP contribution is -2.61. The fourth-order valence-electron chi connectivity index (χ4n) is 8.49. The maximum atomic E-state index is 14.1. The van der Waals surface area contributed by atoms with Crippen molar-refractivity contribution in [2.24, 2.45) is 23.7 Å². The monoisotopic (exact) mass is 775 g/mol. The van der Waals surface area contributed by atoms with Crippen LogP contribution in [-0.2, 0) is 47.5 Å². The number of likely N-dealkylation sites (N-methyl/N-ethyl adjacent to an activating group) is 1. The minimum Gasteiger partial charge on any atom is -0.459 e. The summed E-state index contributed by atoms with van der Waals surface area (Å²) in [7, 11) is 5.20. The highest BCUT2D eigenvalue weighted by molar-refractivity contribution is 5.83. The molecule has 54 heavy (non-hydrogen) atoms. The number of aliphatic hydroxyl groups excluding tert-OH is 2. The Kier molecular flexibility index (Phi) is 16.5. The van der Waals surface area contributed by atoms with Crippen LogP contribution in [0.25, 0.3) is 0 Å². The SMILES string of the molecule is CCC(=O)OC1C(OC2C(C)C(OC3CC(OC)C(O)C(C)O3)C(C)C(=O)OC(CC)C(C)(O)C(O)C(C)C(=O)C(C)CC2(C)O)OC(C)CC1N(C)C. The van der Waals surface area contributed by atoms with Crippen molar-refractivity contribution in [3.05, 3.63) is 0 Å². The summed E-state index contributed by atoms with van der Waals surface area (Å²) in [5.74, 6) is -5.55. The third kappa shape index (κ3) is 10.6. The molecule has 3 saturated heterocycles. The molecule has 3 fully saturated rings. The van der Waals surface area contributed by atoms with Crippen LogP contribution in [0.2, 0.25) is 0 Å². The quantitative estimate of drug-likeness (QED) is 0.249. The summed E-state index contributed by atoms with van der Waals surface area (Å²) in [5.41, 5.74) is -3.84. The molecule has 0 radical (unpaired) electrons. The Labute approximate surface area is 321 Å². The van der Waals surface area contributed by atoms with E-state index in [1.807, 2.05) is 25.9 Å². The third-order valence-corrected chi connectivity index (χ3v) is 11.8. The van der Waals surface area contributed by atoms with Crippen LogP contribution in [0.5, 0.6) is 0 Å². The highest BCUT2D eigenvalue weighted by Crippen LogP contribution is 2.40. The van der Waals surface area contributed by atoms with Gasteiger partial charge in [0, 0.05) is 37.7 Å². The van der Waals surface area contributed by atoms with E-state index in [0.717, 1.165) is 0 Å². The van der Waals surface area contributed by atoms with Crippen molar-refractivity contribution in [2.75, 3.05) is 21.2 Å². The molecule has 314 valence electrons. The van der Waals surface area contributed by atoms with Gasteiger partial charge < -0.3 is 58.5 Å². The Morgan fingerprint density at radius 2 is 1.56 bits per heavy atom. The number of carbonyl (C=O) groups excluding carboxylic acids is 3. The van der Waals surface area contributed by atoms with Gasteiger partial charge in [-0.05, 0) is 68.0 Å². The van der Waals surface area contributed by atoms with Gasteiger partial charge >= 0.3 is 11.9 Å². The number of ether oxygens (including phenoxy) is 7. The summed E-state index contributed by atoms with van der Waals surface area (Å²) in [6.45, 7) is 16.3. The van der Waals surface area contributed by atoms with Gasteiger partial charge in [-0.1, -0.05) is 34.6 Å². The molecule has 15 heteroatoms. The summed E-state index contributed by atoms with van der Waals surface area (Å²) in [6, 6.07) is -0.315. The highest BCUT2D eigenvalue weighted by atomic mass is 16.7. The van der Waals surface area contributed by atoms with E-state index in [0.29, 0.717) is 6.42 Å². The number of rotatable bonds is 9. The molecule has 0 amide bonds. The van der Waals surface area contributed by atoms with Gasteiger partial charge in [-0.25, -0.2) is 0 Å². The van der Waals surface area contributed by atoms with Crippen LogP contribution in [0, 0.1) is 23.7 Å². The van der Waals surface area contributed by atoms with Crippen LogP contribution >= 0.6 is 0 Å². The van der Waals surface area contributed by atoms with E-state index in [9.17, 15) is 34.8 Å². The van der Waals surface area contributed by atoms with E-state index >= 15 is 0 Å². The van der Waals surface area contributed by atoms with E-state index in [4.69, 9.17) is 33.2 Å². The maximum Gasteiger partial charge on any atom is 0.311 e. The molecule has 15 nitrogen and oxygen atoms in total. The first kappa shape index (κ1) is 46.6. The number of carbonyl (C=O) groups is 3. The van der Waals surface area contributed by atoms with Crippen molar-refractivity contribution in [1.82, 2.24) is 4.90 Å². The summed E-state index contributed by atoms with van der Waals surface area (Å²) in [4.78, 5) is 42.8. The van der Waals surface area contributed by atoms with E-state index in [-0.39, 0.29) is 37.8 Å². The number of cyclic esters (lactones) is 1. The molecule has 3 aliphatic rings. The van der Waals surface area contributed by atoms with Crippen molar-refractivity contribution in [2.45, 2.75) is 186 Å². The van der Waals surface area contributed by atoms with E-state index in [2.05, 4.69) is 0 Å². The zero-order valence-corrected chi connectivity index (χ0v) is 34.6. The van der Waals surface area contributed by atoms with Gasteiger partial charge in [0.25, 0.3) is 0 Å². The van der Waals surface area contributed by atoms with Crippen molar-refractivity contribution >= 4 is 17.7 Å². The van der Waals surface area contributed by atoms with Crippen molar-refractivity contribution in [1.29, 1.82) is 0 Å². The topological polar surface area (TPSA) is 200 Å². The second kappa shape index (κ2) is 19.1. The van der Waals surface area contributed by atoms with Gasteiger partial charge in [0.2, 0.25) is 0 Å². The first-order chi connectivity index (χ1) is 25.0. The minimum atomic E-state index is -2.01. The predicted octanol–water partition coefficient (Wildman–Crippen LogP) is 2.36. The van der Waals surface area contributed by atoms with Crippen molar-refractivity contribution in [3.8, 4) is 0 Å². The van der Waals surface area contributed by atoms with Crippen LogP contribution in [0.1, 0.15) is 101 Å². The molecule has 0 bridgehead atoms. The zero-order chi connectivity index (χ0) is 41.0. The standard InChI is InChI=1S/C39H69NO14/c1-14-27-39(10,47)34(44)21(5)30(42)19(3)18-38(9,46)35(54-37-33(52-28(41)15-2)25(40(11)12)16-20(4)49-37)22(6)32(23(7)36(45)51-27)53-29-17-26(48-13)31(43)24(8)50-29/h19-27,29,31-35,37,43-44,46-47H,14-18H2,1-13H3. The largest absolute Gasteiger partial charge is 0.459 e. The average Bonchev–Trinajstić information content (AvgIpc) is 3.11. The Morgan fingerprint density at radius 3 is 2.11 bits per heavy atom. The maximum absolute atomic E-state index is 14.1. The van der Waals surface area contributed by atoms with Crippen molar-refractivity contribution in [3.63, 3.8) is 0 Å². The molecule has 0 spiro atoms. The Morgan fingerprint density at radius 1 is 0.926 bits per heavy atom. The van der Waals surface area contributed by atoms with Gasteiger partial charge in [-0.15, -0.1) is 0 Å². The molecule has 0 saturated carbocycles. The molecule has 0 aliphatic carbocycles. The van der Waals surface area contributed by atoms with Gasteiger partial charge in [0.05, 0.1) is 54.2 Å². The van der Waals surface area contributed by atoms with Crippen LogP contribution in [-0.4, -0.2) is 149 Å². The number of methoxy groups -OCH3 is 1. The lowest BCUT2D eigenvalue weighted by Gasteiger charge is -2.48. The number of ketones is 1. The number of nitrogens with zero attached hydrogens (tertiary/aromatic N) is 1. The Balaban J connectivity index is 2.22. The van der Waals surface area contributed by atoms with Crippen LogP contribution in [0.15, 0.2) is 0 Å². The highest BCUT2D eigenvalue weighted by Gasteiger charge is 2.53. The van der Waals surface area contributed by atoms with E-state index in [1.54, 1.807) is 41.5 Å². The molecule has 3 aliphatic heterocycles. The zero-order valence-electron chi connectivity index (χ0n) is 34.6. The fourth-order valence-corrected chi connectivity index (χ4v) is 8.49. The van der Waals surface area contributed by atoms with E-state index in [1.165, 1.54) is 27.9 Å². The summed E-state index contributed by atoms with van der Waals surface area (Å²) >= 11 is 0. The second-order valence-corrected chi connectivity index (χ2v) is 16.6. The predicted molar refractivity (Wildman–Crippen MR) is 196 cm³/mol. The third-order valence-electron chi connectivity index (χ3n) is 11.8. The molecule has 0 aromatic carbocycles. The first-order valence-corrected chi connectivity index (χ1v) is 19.6. The molecule has 0 aromatic heterocycles. The Bertz CT molecular complexity index is 1250. The number of Topliss-reactive ketones (excluding diaryl/α,β-unsaturated/α-hetero) is 1. The molecule has 18 unspecified atom stereocenters. The lowest BCUT2D eigenvalue weighted by molar-refractivity contribution is -0.313. The lowest BCUT2D eigenvalue weighted by atomic mass is 9.74.